The van der Waals surface area contributed by atoms with Gasteiger partial charge in [0, 0.05) is 0 Å². The van der Waals surface area contributed by atoms with E-state index in [1.165, 1.54) is 7.11 Å². The number of benzene rings is 1. The SMILES string of the molecule is COC(=O)c1cc(CC(C)C)ccc1OC. The van der Waals surface area contributed by atoms with E-state index in [2.05, 4.69) is 13.8 Å². The summed E-state index contributed by atoms with van der Waals surface area (Å²) in [7, 11) is 2.92. The molecule has 0 heterocycles. The van der Waals surface area contributed by atoms with Crippen LogP contribution in [0.5, 0.6) is 5.75 Å². The van der Waals surface area contributed by atoms with Crippen LogP contribution in [0.3, 0.4) is 0 Å². The highest BCUT2D eigenvalue weighted by Gasteiger charge is 2.13. The maximum Gasteiger partial charge on any atom is 0.341 e. The smallest absolute Gasteiger partial charge is 0.341 e. The molecular weight excluding hydrogens is 204 g/mol. The van der Waals surface area contributed by atoms with Gasteiger partial charge in [-0.25, -0.2) is 4.79 Å². The summed E-state index contributed by atoms with van der Waals surface area (Å²) in [4.78, 5) is 11.5. The molecule has 0 aromatic heterocycles. The molecule has 0 radical (unpaired) electrons. The molecule has 3 heteroatoms. The van der Waals surface area contributed by atoms with E-state index >= 15 is 0 Å². The minimum absolute atomic E-state index is 0.359. The lowest BCUT2D eigenvalue weighted by atomic mass is 10.0. The summed E-state index contributed by atoms with van der Waals surface area (Å²) in [6.45, 7) is 4.28. The van der Waals surface area contributed by atoms with E-state index in [4.69, 9.17) is 9.47 Å². The lowest BCUT2D eigenvalue weighted by molar-refractivity contribution is 0.0597. The molecule has 1 aromatic rings. The van der Waals surface area contributed by atoms with E-state index in [1.807, 2.05) is 18.2 Å². The number of hydrogen-bond donors (Lipinski definition) is 0. The third-order valence-electron chi connectivity index (χ3n) is 2.31. The van der Waals surface area contributed by atoms with Gasteiger partial charge in [-0.1, -0.05) is 19.9 Å². The first-order valence-corrected chi connectivity index (χ1v) is 5.33. The molecule has 1 aromatic carbocycles. The van der Waals surface area contributed by atoms with Crippen LogP contribution in [0.4, 0.5) is 0 Å². The molecule has 0 unspecified atom stereocenters. The number of rotatable bonds is 4. The summed E-state index contributed by atoms with van der Waals surface area (Å²) in [5, 5.41) is 0. The molecule has 0 spiro atoms. The Morgan fingerprint density at radius 1 is 1.31 bits per heavy atom. The van der Waals surface area contributed by atoms with Crippen LogP contribution in [0.1, 0.15) is 29.8 Å². The van der Waals surface area contributed by atoms with Gasteiger partial charge in [0.05, 0.1) is 14.2 Å². The van der Waals surface area contributed by atoms with E-state index < -0.39 is 0 Å². The molecule has 0 aliphatic heterocycles. The molecule has 3 nitrogen and oxygen atoms in total. The molecule has 0 amide bonds. The van der Waals surface area contributed by atoms with Crippen molar-refractivity contribution in [1.82, 2.24) is 0 Å². The second kappa shape index (κ2) is 5.54. The molecule has 0 aliphatic carbocycles. The minimum atomic E-state index is -0.359. The van der Waals surface area contributed by atoms with Gasteiger partial charge in [-0.15, -0.1) is 0 Å². The predicted molar refractivity (Wildman–Crippen MR) is 62.9 cm³/mol. The molecular formula is C13H18O3. The lowest BCUT2D eigenvalue weighted by Gasteiger charge is -2.10. The largest absolute Gasteiger partial charge is 0.496 e. The Bertz CT molecular complexity index is 369. The van der Waals surface area contributed by atoms with Gasteiger partial charge in [0.2, 0.25) is 0 Å². The Balaban J connectivity index is 3.06. The molecule has 0 saturated heterocycles. The fourth-order valence-electron chi connectivity index (χ4n) is 1.62. The van der Waals surface area contributed by atoms with Crippen molar-refractivity contribution < 1.29 is 14.3 Å². The van der Waals surface area contributed by atoms with Gasteiger partial charge < -0.3 is 9.47 Å². The third kappa shape index (κ3) is 2.99. The number of methoxy groups -OCH3 is 2. The number of ether oxygens (including phenoxy) is 2. The zero-order valence-electron chi connectivity index (χ0n) is 10.2. The van der Waals surface area contributed by atoms with Crippen LogP contribution in [0.15, 0.2) is 18.2 Å². The summed E-state index contributed by atoms with van der Waals surface area (Å²) in [6, 6.07) is 5.62. The van der Waals surface area contributed by atoms with Crippen molar-refractivity contribution in [1.29, 1.82) is 0 Å². The normalized spacial score (nSPS) is 10.3. The van der Waals surface area contributed by atoms with Crippen LogP contribution in [0.2, 0.25) is 0 Å². The maximum absolute atomic E-state index is 11.5. The van der Waals surface area contributed by atoms with Gasteiger partial charge in [0.15, 0.2) is 0 Å². The van der Waals surface area contributed by atoms with Gasteiger partial charge in [-0.2, -0.15) is 0 Å². The van der Waals surface area contributed by atoms with Crippen LogP contribution < -0.4 is 4.74 Å². The second-order valence-electron chi connectivity index (χ2n) is 4.12. The second-order valence-corrected chi connectivity index (χ2v) is 4.12. The third-order valence-corrected chi connectivity index (χ3v) is 2.31. The fraction of sp³-hybridized carbons (Fsp3) is 0.462. The Hall–Kier alpha value is -1.51. The summed E-state index contributed by atoms with van der Waals surface area (Å²) >= 11 is 0. The summed E-state index contributed by atoms with van der Waals surface area (Å²) < 4.78 is 9.85. The average Bonchev–Trinajstić information content (AvgIpc) is 2.27. The van der Waals surface area contributed by atoms with Crippen molar-refractivity contribution in [3.8, 4) is 5.75 Å². The zero-order chi connectivity index (χ0) is 12.1. The predicted octanol–water partition coefficient (Wildman–Crippen LogP) is 2.68. The van der Waals surface area contributed by atoms with E-state index in [0.717, 1.165) is 12.0 Å². The number of carbonyl (C=O) groups is 1. The van der Waals surface area contributed by atoms with Crippen molar-refractivity contribution in [2.75, 3.05) is 14.2 Å². The highest BCUT2D eigenvalue weighted by atomic mass is 16.5. The van der Waals surface area contributed by atoms with Crippen LogP contribution in [-0.2, 0) is 11.2 Å². The summed E-state index contributed by atoms with van der Waals surface area (Å²) in [5.41, 5.74) is 1.61. The van der Waals surface area contributed by atoms with E-state index in [1.54, 1.807) is 7.11 Å². The Kier molecular flexibility index (Phi) is 4.35. The summed E-state index contributed by atoms with van der Waals surface area (Å²) in [6.07, 6.45) is 0.938. The maximum atomic E-state index is 11.5. The highest BCUT2D eigenvalue weighted by Crippen LogP contribution is 2.22. The fourth-order valence-corrected chi connectivity index (χ4v) is 1.62. The van der Waals surface area contributed by atoms with Gasteiger partial charge in [0.1, 0.15) is 11.3 Å². The van der Waals surface area contributed by atoms with Gasteiger partial charge in [0.25, 0.3) is 0 Å². The zero-order valence-corrected chi connectivity index (χ0v) is 10.2. The highest BCUT2D eigenvalue weighted by molar-refractivity contribution is 5.92. The van der Waals surface area contributed by atoms with Crippen molar-refractivity contribution in [3.05, 3.63) is 29.3 Å². The monoisotopic (exact) mass is 222 g/mol. The molecule has 0 atom stereocenters. The molecule has 0 N–H and O–H groups in total. The lowest BCUT2D eigenvalue weighted by Crippen LogP contribution is -2.05. The molecule has 0 aliphatic rings. The van der Waals surface area contributed by atoms with E-state index in [0.29, 0.717) is 17.2 Å². The van der Waals surface area contributed by atoms with E-state index in [-0.39, 0.29) is 5.97 Å². The Morgan fingerprint density at radius 2 is 2.00 bits per heavy atom. The Labute approximate surface area is 96.4 Å². The van der Waals surface area contributed by atoms with Crippen LogP contribution in [0.25, 0.3) is 0 Å². The average molecular weight is 222 g/mol. The molecule has 0 saturated carbocycles. The molecule has 0 fully saturated rings. The number of esters is 1. The molecule has 0 bridgehead atoms. The van der Waals surface area contributed by atoms with Crippen LogP contribution >= 0.6 is 0 Å². The standard InChI is InChI=1S/C13H18O3/c1-9(2)7-10-5-6-12(15-3)11(8-10)13(14)16-4/h5-6,8-9H,7H2,1-4H3. The van der Waals surface area contributed by atoms with Crippen molar-refractivity contribution in [2.24, 2.45) is 5.92 Å². The van der Waals surface area contributed by atoms with Crippen LogP contribution in [0, 0.1) is 5.92 Å². The molecule has 16 heavy (non-hydrogen) atoms. The minimum Gasteiger partial charge on any atom is -0.496 e. The first-order chi connectivity index (χ1) is 7.58. The van der Waals surface area contributed by atoms with Gasteiger partial charge in [-0.05, 0) is 30.0 Å². The topological polar surface area (TPSA) is 35.5 Å². The van der Waals surface area contributed by atoms with Gasteiger partial charge >= 0.3 is 5.97 Å². The first-order valence-electron chi connectivity index (χ1n) is 5.33. The number of carbonyl (C=O) groups excluding carboxylic acids is 1. The molecule has 1 rings (SSSR count). The van der Waals surface area contributed by atoms with Crippen molar-refractivity contribution in [3.63, 3.8) is 0 Å². The quantitative estimate of drug-likeness (QED) is 0.735. The van der Waals surface area contributed by atoms with Crippen molar-refractivity contribution >= 4 is 5.97 Å². The van der Waals surface area contributed by atoms with Crippen molar-refractivity contribution in [2.45, 2.75) is 20.3 Å². The molecule has 88 valence electrons. The number of hydrogen-bond acceptors (Lipinski definition) is 3. The first kappa shape index (κ1) is 12.6. The Morgan fingerprint density at radius 3 is 2.50 bits per heavy atom. The van der Waals surface area contributed by atoms with Crippen LogP contribution in [-0.4, -0.2) is 20.2 Å². The van der Waals surface area contributed by atoms with Gasteiger partial charge in [-0.3, -0.25) is 0 Å². The van der Waals surface area contributed by atoms with E-state index in [9.17, 15) is 4.79 Å². The summed E-state index contributed by atoms with van der Waals surface area (Å²) in [5.74, 6) is 0.751.